The maximum atomic E-state index is 5.20. The third-order valence-electron chi connectivity index (χ3n) is 3.32. The van der Waals surface area contributed by atoms with E-state index < -0.39 is 0 Å². The Morgan fingerprint density at radius 3 is 1.57 bits per heavy atom. The molecule has 0 N–H and O–H groups in total. The van der Waals surface area contributed by atoms with Gasteiger partial charge in [-0.15, -0.1) is 0 Å². The summed E-state index contributed by atoms with van der Waals surface area (Å²) in [6.45, 7) is 1.51. The van der Waals surface area contributed by atoms with Gasteiger partial charge in [-0.2, -0.15) is 0 Å². The number of methoxy groups -OCH3 is 2. The van der Waals surface area contributed by atoms with E-state index in [4.69, 9.17) is 9.47 Å². The van der Waals surface area contributed by atoms with Gasteiger partial charge in [0.05, 0.1) is 13.2 Å². The number of hydrogen-bond acceptors (Lipinski definition) is 3. The third-order valence-corrected chi connectivity index (χ3v) is 4.55. The smallest absolute Gasteiger partial charge is 0.0503 e. The molecular formula is C18H22O2S. The van der Waals surface area contributed by atoms with E-state index in [0.717, 1.165) is 26.1 Å². The van der Waals surface area contributed by atoms with Gasteiger partial charge in [0.15, 0.2) is 0 Å². The molecule has 0 unspecified atom stereocenters. The number of hydrogen-bond donors (Lipinski definition) is 0. The largest absolute Gasteiger partial charge is 0.384 e. The molecule has 0 saturated carbocycles. The summed E-state index contributed by atoms with van der Waals surface area (Å²) >= 11 is 1.83. The van der Waals surface area contributed by atoms with Gasteiger partial charge in [0.2, 0.25) is 0 Å². The summed E-state index contributed by atoms with van der Waals surface area (Å²) in [7, 11) is 3.49. The van der Waals surface area contributed by atoms with Crippen molar-refractivity contribution in [3.05, 3.63) is 59.7 Å². The van der Waals surface area contributed by atoms with Gasteiger partial charge in [-0.1, -0.05) is 48.2 Å². The molecule has 2 aromatic carbocycles. The van der Waals surface area contributed by atoms with Crippen LogP contribution in [0.2, 0.25) is 0 Å². The van der Waals surface area contributed by atoms with E-state index in [9.17, 15) is 0 Å². The van der Waals surface area contributed by atoms with Crippen LogP contribution < -0.4 is 0 Å². The molecule has 2 rings (SSSR count). The van der Waals surface area contributed by atoms with E-state index in [1.165, 1.54) is 20.9 Å². The Bertz CT molecular complexity index is 505. The number of rotatable bonds is 8. The highest BCUT2D eigenvalue weighted by atomic mass is 32.2. The quantitative estimate of drug-likeness (QED) is 0.727. The second-order valence-electron chi connectivity index (χ2n) is 4.80. The maximum Gasteiger partial charge on any atom is 0.0503 e. The van der Waals surface area contributed by atoms with E-state index in [1.54, 1.807) is 14.2 Å². The molecule has 0 aliphatic carbocycles. The minimum Gasteiger partial charge on any atom is -0.384 e. The van der Waals surface area contributed by atoms with Crippen molar-refractivity contribution in [1.29, 1.82) is 0 Å². The lowest BCUT2D eigenvalue weighted by atomic mass is 10.1. The van der Waals surface area contributed by atoms with Crippen LogP contribution in [0, 0.1) is 0 Å². The first-order valence-corrected chi connectivity index (χ1v) is 7.98. The lowest BCUT2D eigenvalue weighted by molar-refractivity contribution is 0.202. The first kappa shape index (κ1) is 16.1. The highest BCUT2D eigenvalue weighted by Crippen LogP contribution is 2.33. The van der Waals surface area contributed by atoms with Crippen molar-refractivity contribution in [2.75, 3.05) is 27.4 Å². The molecule has 0 heterocycles. The molecule has 3 heteroatoms. The monoisotopic (exact) mass is 302 g/mol. The lowest BCUT2D eigenvalue weighted by Gasteiger charge is -2.12. The Morgan fingerprint density at radius 2 is 1.14 bits per heavy atom. The molecule has 0 atom stereocenters. The van der Waals surface area contributed by atoms with Crippen LogP contribution in [0.4, 0.5) is 0 Å². The molecule has 2 nitrogen and oxygen atoms in total. The molecule has 0 aliphatic heterocycles. The van der Waals surface area contributed by atoms with Crippen molar-refractivity contribution < 1.29 is 9.47 Å². The van der Waals surface area contributed by atoms with Gasteiger partial charge in [0.25, 0.3) is 0 Å². The number of benzene rings is 2. The zero-order valence-corrected chi connectivity index (χ0v) is 13.5. The fraction of sp³-hybridized carbons (Fsp3) is 0.333. The topological polar surface area (TPSA) is 18.5 Å². The van der Waals surface area contributed by atoms with E-state index in [0.29, 0.717) is 0 Å². The molecule has 0 aliphatic rings. The van der Waals surface area contributed by atoms with Crippen LogP contribution in [0.1, 0.15) is 11.1 Å². The molecule has 21 heavy (non-hydrogen) atoms. The van der Waals surface area contributed by atoms with Crippen LogP contribution in [-0.4, -0.2) is 27.4 Å². The van der Waals surface area contributed by atoms with Crippen molar-refractivity contribution in [2.24, 2.45) is 0 Å². The predicted octanol–water partition coefficient (Wildman–Crippen LogP) is 4.22. The normalized spacial score (nSPS) is 10.8. The first-order chi connectivity index (χ1) is 10.3. The van der Waals surface area contributed by atoms with Gasteiger partial charge < -0.3 is 9.47 Å². The van der Waals surface area contributed by atoms with E-state index in [-0.39, 0.29) is 0 Å². The average Bonchev–Trinajstić information content (AvgIpc) is 2.53. The summed E-state index contributed by atoms with van der Waals surface area (Å²) in [4.78, 5) is 2.61. The fourth-order valence-electron chi connectivity index (χ4n) is 2.16. The third kappa shape index (κ3) is 4.88. The summed E-state index contributed by atoms with van der Waals surface area (Å²) in [6.07, 6.45) is 1.89. The van der Waals surface area contributed by atoms with Crippen molar-refractivity contribution >= 4 is 11.8 Å². The second-order valence-corrected chi connectivity index (χ2v) is 5.89. The molecule has 0 spiro atoms. The SMILES string of the molecule is COCCc1ccccc1Sc1ccccc1CCOC. The van der Waals surface area contributed by atoms with Crippen molar-refractivity contribution in [1.82, 2.24) is 0 Å². The van der Waals surface area contributed by atoms with Crippen LogP contribution in [0.15, 0.2) is 58.3 Å². The average molecular weight is 302 g/mol. The molecule has 112 valence electrons. The van der Waals surface area contributed by atoms with Gasteiger partial charge >= 0.3 is 0 Å². The summed E-state index contributed by atoms with van der Waals surface area (Å²) < 4.78 is 10.4. The lowest BCUT2D eigenvalue weighted by Crippen LogP contribution is -1.98. The molecule has 0 aromatic heterocycles. The molecule has 2 aromatic rings. The van der Waals surface area contributed by atoms with Gasteiger partial charge in [0, 0.05) is 24.0 Å². The summed E-state index contributed by atoms with van der Waals surface area (Å²) in [6, 6.07) is 17.1. The van der Waals surface area contributed by atoms with Crippen molar-refractivity contribution in [3.8, 4) is 0 Å². The molecular weight excluding hydrogens is 280 g/mol. The highest BCUT2D eigenvalue weighted by molar-refractivity contribution is 7.99. The first-order valence-electron chi connectivity index (χ1n) is 7.16. The van der Waals surface area contributed by atoms with Crippen molar-refractivity contribution in [2.45, 2.75) is 22.6 Å². The van der Waals surface area contributed by atoms with Crippen LogP contribution in [0.3, 0.4) is 0 Å². The van der Waals surface area contributed by atoms with Crippen LogP contribution in [0.25, 0.3) is 0 Å². The van der Waals surface area contributed by atoms with Crippen LogP contribution in [0.5, 0.6) is 0 Å². The standard InChI is InChI=1S/C18H22O2S/c1-19-13-11-15-7-3-5-9-17(15)21-18-10-6-4-8-16(18)12-14-20-2/h3-10H,11-14H2,1-2H3. The van der Waals surface area contributed by atoms with Gasteiger partial charge in [-0.25, -0.2) is 0 Å². The maximum absolute atomic E-state index is 5.20. The Morgan fingerprint density at radius 1 is 0.714 bits per heavy atom. The molecule has 0 saturated heterocycles. The molecule has 0 amide bonds. The summed E-state index contributed by atoms with van der Waals surface area (Å²) in [5, 5.41) is 0. The highest BCUT2D eigenvalue weighted by Gasteiger charge is 2.07. The Labute approximate surface area is 131 Å². The van der Waals surface area contributed by atoms with Crippen molar-refractivity contribution in [3.63, 3.8) is 0 Å². The van der Waals surface area contributed by atoms with Crippen LogP contribution >= 0.6 is 11.8 Å². The summed E-state index contributed by atoms with van der Waals surface area (Å²) in [5.74, 6) is 0. The Balaban J connectivity index is 2.18. The predicted molar refractivity (Wildman–Crippen MR) is 88.2 cm³/mol. The Hall–Kier alpha value is -1.29. The zero-order valence-electron chi connectivity index (χ0n) is 12.7. The minimum absolute atomic E-state index is 0.753. The second kappa shape index (κ2) is 8.88. The minimum atomic E-state index is 0.753. The van der Waals surface area contributed by atoms with Gasteiger partial charge in [0.1, 0.15) is 0 Å². The van der Waals surface area contributed by atoms with Gasteiger partial charge in [-0.3, -0.25) is 0 Å². The van der Waals surface area contributed by atoms with Crippen LogP contribution in [-0.2, 0) is 22.3 Å². The Kier molecular flexibility index (Phi) is 6.80. The van der Waals surface area contributed by atoms with E-state index in [1.807, 2.05) is 11.8 Å². The van der Waals surface area contributed by atoms with Gasteiger partial charge in [-0.05, 0) is 36.1 Å². The zero-order chi connectivity index (χ0) is 14.9. The fourth-order valence-corrected chi connectivity index (χ4v) is 3.29. The summed E-state index contributed by atoms with van der Waals surface area (Å²) in [5.41, 5.74) is 2.68. The van der Waals surface area contributed by atoms with E-state index >= 15 is 0 Å². The van der Waals surface area contributed by atoms with E-state index in [2.05, 4.69) is 48.5 Å². The molecule has 0 fully saturated rings. The number of ether oxygens (including phenoxy) is 2. The molecule has 0 radical (unpaired) electrons. The molecule has 0 bridgehead atoms.